The Balaban J connectivity index is 1.80. The number of nitrogens with zero attached hydrogens (tertiary/aromatic N) is 1. The molecule has 0 spiro atoms. The van der Waals surface area contributed by atoms with E-state index in [2.05, 4.69) is 24.1 Å². The number of carbonyl (C=O) groups is 1. The molecule has 0 radical (unpaired) electrons. The van der Waals surface area contributed by atoms with Crippen LogP contribution in [0.3, 0.4) is 0 Å². The van der Waals surface area contributed by atoms with Gasteiger partial charge in [0, 0.05) is 44.5 Å². The number of nitrogens with one attached hydrogen (secondary N) is 1. The minimum atomic E-state index is -1.32. The molecule has 8 heteroatoms. The number of thiazole rings is 1. The lowest BCUT2D eigenvalue weighted by Gasteiger charge is -2.09. The fourth-order valence-electron chi connectivity index (χ4n) is 2.53. The lowest BCUT2D eigenvalue weighted by atomic mass is 10.1. The molecule has 0 bridgehead atoms. The number of hydrogen-bond donors (Lipinski definition) is 1. The number of benzene rings is 2. The highest BCUT2D eigenvalue weighted by atomic mass is 35.5. The van der Waals surface area contributed by atoms with Crippen molar-refractivity contribution in [2.75, 3.05) is 11.6 Å². The first-order valence-corrected chi connectivity index (χ1v) is 11.3. The van der Waals surface area contributed by atoms with Crippen molar-refractivity contribution in [3.8, 4) is 11.3 Å². The molecule has 0 fully saturated rings. The molecule has 1 heterocycles. The Kier molecular flexibility index (Phi) is 6.27. The van der Waals surface area contributed by atoms with E-state index in [0.29, 0.717) is 21.5 Å². The Bertz CT molecular complexity index is 1070. The van der Waals surface area contributed by atoms with Gasteiger partial charge in [0.05, 0.1) is 21.3 Å². The topological polar surface area (TPSA) is 59.1 Å². The van der Waals surface area contributed by atoms with Crippen molar-refractivity contribution >= 4 is 45.3 Å². The van der Waals surface area contributed by atoms with Crippen molar-refractivity contribution < 1.29 is 13.4 Å². The van der Waals surface area contributed by atoms with Crippen molar-refractivity contribution in [2.45, 2.75) is 24.7 Å². The molecule has 28 heavy (non-hydrogen) atoms. The average Bonchev–Trinajstić information content (AvgIpc) is 3.11. The van der Waals surface area contributed by atoms with Crippen molar-refractivity contribution in [3.05, 3.63) is 63.2 Å². The van der Waals surface area contributed by atoms with Gasteiger partial charge in [0.2, 0.25) is 0 Å². The summed E-state index contributed by atoms with van der Waals surface area (Å²) in [5.41, 5.74) is 1.87. The van der Waals surface area contributed by atoms with E-state index in [0.717, 1.165) is 22.3 Å². The number of halogens is 2. The summed E-state index contributed by atoms with van der Waals surface area (Å²) < 4.78 is 25.6. The van der Waals surface area contributed by atoms with Crippen LogP contribution in [0.4, 0.5) is 10.1 Å². The van der Waals surface area contributed by atoms with Gasteiger partial charge in [0.15, 0.2) is 0 Å². The number of aromatic nitrogens is 1. The van der Waals surface area contributed by atoms with Crippen molar-refractivity contribution in [1.82, 2.24) is 4.98 Å². The van der Waals surface area contributed by atoms with Crippen LogP contribution in [0, 0.1) is 5.82 Å². The van der Waals surface area contributed by atoms with Gasteiger partial charge in [-0.25, -0.2) is 9.37 Å². The monoisotopic (exact) mass is 436 g/mol. The zero-order valence-corrected chi connectivity index (χ0v) is 17.8. The molecule has 1 aromatic heterocycles. The summed E-state index contributed by atoms with van der Waals surface area (Å²) in [5, 5.41) is 6.05. The molecule has 0 saturated carbocycles. The molecule has 1 N–H and O–H groups in total. The highest BCUT2D eigenvalue weighted by Crippen LogP contribution is 2.33. The van der Waals surface area contributed by atoms with E-state index in [-0.39, 0.29) is 5.56 Å². The lowest BCUT2D eigenvalue weighted by molar-refractivity contribution is 0.102. The SMILES string of the molecule is CC(C)c1nc(-c2ccc(NC(=O)c3ccc(S(C)=O)cc3F)cc2Cl)cs1. The minimum Gasteiger partial charge on any atom is -0.322 e. The largest absolute Gasteiger partial charge is 0.322 e. The molecule has 0 saturated heterocycles. The molecular formula is C20H18ClFN2O2S2. The number of carbonyl (C=O) groups excluding carboxylic acids is 1. The van der Waals surface area contributed by atoms with Gasteiger partial charge >= 0.3 is 0 Å². The molecule has 3 rings (SSSR count). The van der Waals surface area contributed by atoms with E-state index in [1.54, 1.807) is 29.5 Å². The fourth-order valence-corrected chi connectivity index (χ4v) is 4.18. The normalized spacial score (nSPS) is 12.2. The minimum absolute atomic E-state index is 0.129. The van der Waals surface area contributed by atoms with E-state index >= 15 is 0 Å². The van der Waals surface area contributed by atoms with Crippen LogP contribution in [0.2, 0.25) is 5.02 Å². The Morgan fingerprint density at radius 2 is 2.00 bits per heavy atom. The maximum Gasteiger partial charge on any atom is 0.258 e. The van der Waals surface area contributed by atoms with E-state index in [4.69, 9.17) is 11.6 Å². The van der Waals surface area contributed by atoms with Crippen LogP contribution in [0.5, 0.6) is 0 Å². The van der Waals surface area contributed by atoms with E-state index in [1.165, 1.54) is 18.4 Å². The molecule has 2 aromatic carbocycles. The third-order valence-corrected chi connectivity index (χ3v) is 6.41. The summed E-state index contributed by atoms with van der Waals surface area (Å²) in [5.74, 6) is -0.996. The number of hydrogen-bond acceptors (Lipinski definition) is 4. The smallest absolute Gasteiger partial charge is 0.258 e. The van der Waals surface area contributed by atoms with Crippen LogP contribution in [-0.2, 0) is 10.8 Å². The van der Waals surface area contributed by atoms with Gasteiger partial charge in [0.1, 0.15) is 5.82 Å². The summed E-state index contributed by atoms with van der Waals surface area (Å²) in [6.45, 7) is 4.15. The molecule has 3 aromatic rings. The summed E-state index contributed by atoms with van der Waals surface area (Å²) in [4.78, 5) is 17.3. The van der Waals surface area contributed by atoms with Crippen LogP contribution in [0.1, 0.15) is 35.1 Å². The average molecular weight is 437 g/mol. The number of anilines is 1. The molecule has 1 atom stereocenters. The zero-order chi connectivity index (χ0) is 20.4. The highest BCUT2D eigenvalue weighted by Gasteiger charge is 2.15. The van der Waals surface area contributed by atoms with Crippen LogP contribution >= 0.6 is 22.9 Å². The first-order valence-electron chi connectivity index (χ1n) is 8.46. The van der Waals surface area contributed by atoms with Crippen LogP contribution in [0.15, 0.2) is 46.7 Å². The van der Waals surface area contributed by atoms with E-state index < -0.39 is 22.5 Å². The molecule has 0 aliphatic carbocycles. The Morgan fingerprint density at radius 3 is 2.57 bits per heavy atom. The predicted octanol–water partition coefficient (Wildman–Crippen LogP) is 5.72. The first-order chi connectivity index (χ1) is 13.3. The fraction of sp³-hybridized carbons (Fsp3) is 0.200. The van der Waals surface area contributed by atoms with Gasteiger partial charge in [0.25, 0.3) is 5.91 Å². The second-order valence-electron chi connectivity index (χ2n) is 6.47. The van der Waals surface area contributed by atoms with Gasteiger partial charge in [-0.15, -0.1) is 11.3 Å². The summed E-state index contributed by atoms with van der Waals surface area (Å²) in [7, 11) is -1.32. The standard InChI is InChI=1S/C20H18ClFN2O2S2/c1-11(2)20-24-18(10-27-20)14-6-4-12(8-16(14)21)23-19(25)15-7-5-13(28(3)26)9-17(15)22/h4-11H,1-3H3,(H,23,25). The van der Waals surface area contributed by atoms with Crippen molar-refractivity contribution in [1.29, 1.82) is 0 Å². The molecule has 0 aliphatic heterocycles. The zero-order valence-electron chi connectivity index (χ0n) is 15.5. The van der Waals surface area contributed by atoms with Crippen LogP contribution in [0.25, 0.3) is 11.3 Å². The quantitative estimate of drug-likeness (QED) is 0.556. The molecule has 1 amide bonds. The molecule has 146 valence electrons. The van der Waals surface area contributed by atoms with Crippen LogP contribution < -0.4 is 5.32 Å². The third kappa shape index (κ3) is 4.48. The first kappa shape index (κ1) is 20.6. The van der Waals surface area contributed by atoms with E-state index in [1.807, 2.05) is 5.38 Å². The second kappa shape index (κ2) is 8.51. The Morgan fingerprint density at radius 1 is 1.25 bits per heavy atom. The number of amides is 1. The summed E-state index contributed by atoms with van der Waals surface area (Å²) in [6, 6.07) is 8.97. The van der Waals surface area contributed by atoms with Crippen LogP contribution in [-0.4, -0.2) is 21.4 Å². The van der Waals surface area contributed by atoms with Gasteiger partial charge < -0.3 is 5.32 Å². The lowest BCUT2D eigenvalue weighted by Crippen LogP contribution is -2.14. The van der Waals surface area contributed by atoms with Gasteiger partial charge in [-0.2, -0.15) is 0 Å². The third-order valence-electron chi connectivity index (χ3n) is 4.04. The maximum atomic E-state index is 14.2. The molecule has 4 nitrogen and oxygen atoms in total. The van der Waals surface area contributed by atoms with E-state index in [9.17, 15) is 13.4 Å². The number of rotatable bonds is 5. The van der Waals surface area contributed by atoms with Gasteiger partial charge in [-0.1, -0.05) is 25.4 Å². The van der Waals surface area contributed by atoms with Crippen molar-refractivity contribution in [2.24, 2.45) is 0 Å². The van der Waals surface area contributed by atoms with Gasteiger partial charge in [-0.3, -0.25) is 9.00 Å². The Hall–Kier alpha value is -2.09. The highest BCUT2D eigenvalue weighted by molar-refractivity contribution is 7.84. The van der Waals surface area contributed by atoms with Gasteiger partial charge in [-0.05, 0) is 36.4 Å². The molecule has 1 unspecified atom stereocenters. The molecular weight excluding hydrogens is 419 g/mol. The molecule has 0 aliphatic rings. The Labute approximate surface area is 174 Å². The summed E-state index contributed by atoms with van der Waals surface area (Å²) >= 11 is 7.95. The predicted molar refractivity (Wildman–Crippen MR) is 113 cm³/mol. The summed E-state index contributed by atoms with van der Waals surface area (Å²) in [6.07, 6.45) is 1.45. The maximum absolute atomic E-state index is 14.2. The van der Waals surface area contributed by atoms with Crippen molar-refractivity contribution in [3.63, 3.8) is 0 Å². The second-order valence-corrected chi connectivity index (χ2v) is 9.15.